The van der Waals surface area contributed by atoms with Crippen molar-refractivity contribution in [1.29, 1.82) is 0 Å². The highest BCUT2D eigenvalue weighted by Crippen LogP contribution is 2.15. The van der Waals surface area contributed by atoms with E-state index in [0.717, 1.165) is 16.6 Å². The summed E-state index contributed by atoms with van der Waals surface area (Å²) in [6, 6.07) is 6.11. The standard InChI is InChI=1S/C10H11N3/c1-7-2-3-8-9(4-7)12-6-13-10(8)5-11/h2-4,6H,5,11H2,1H3. The molecule has 0 aliphatic heterocycles. The Morgan fingerprint density at radius 2 is 2.15 bits per heavy atom. The lowest BCUT2D eigenvalue weighted by Crippen LogP contribution is -2.01. The van der Waals surface area contributed by atoms with E-state index in [1.54, 1.807) is 6.33 Å². The molecule has 0 fully saturated rings. The normalized spacial score (nSPS) is 10.6. The lowest BCUT2D eigenvalue weighted by atomic mass is 10.1. The molecule has 0 saturated carbocycles. The van der Waals surface area contributed by atoms with Crippen molar-refractivity contribution in [3.8, 4) is 0 Å². The first-order chi connectivity index (χ1) is 6.31. The maximum Gasteiger partial charge on any atom is 0.116 e. The Hall–Kier alpha value is -1.48. The molecule has 3 heteroatoms. The monoisotopic (exact) mass is 173 g/mol. The minimum absolute atomic E-state index is 0.460. The van der Waals surface area contributed by atoms with Crippen molar-refractivity contribution in [2.45, 2.75) is 13.5 Å². The van der Waals surface area contributed by atoms with Crippen molar-refractivity contribution in [3.63, 3.8) is 0 Å². The van der Waals surface area contributed by atoms with Gasteiger partial charge in [0.2, 0.25) is 0 Å². The number of aromatic nitrogens is 2. The van der Waals surface area contributed by atoms with Gasteiger partial charge in [-0.05, 0) is 18.6 Å². The fourth-order valence-corrected chi connectivity index (χ4v) is 1.39. The zero-order valence-electron chi connectivity index (χ0n) is 7.49. The molecule has 0 radical (unpaired) electrons. The van der Waals surface area contributed by atoms with Gasteiger partial charge in [-0.25, -0.2) is 9.97 Å². The van der Waals surface area contributed by atoms with Crippen LogP contribution in [-0.4, -0.2) is 9.97 Å². The quantitative estimate of drug-likeness (QED) is 0.709. The number of benzene rings is 1. The Balaban J connectivity index is 2.77. The number of hydrogen-bond donors (Lipinski definition) is 1. The van der Waals surface area contributed by atoms with Gasteiger partial charge in [0.05, 0.1) is 11.2 Å². The van der Waals surface area contributed by atoms with E-state index in [0.29, 0.717) is 6.54 Å². The van der Waals surface area contributed by atoms with Crippen molar-refractivity contribution in [3.05, 3.63) is 35.8 Å². The molecule has 3 nitrogen and oxygen atoms in total. The summed E-state index contributed by atoms with van der Waals surface area (Å²) in [5.74, 6) is 0. The highest BCUT2D eigenvalue weighted by atomic mass is 14.8. The van der Waals surface area contributed by atoms with Crippen molar-refractivity contribution >= 4 is 10.9 Å². The molecular formula is C10H11N3. The van der Waals surface area contributed by atoms with Crippen LogP contribution in [0.15, 0.2) is 24.5 Å². The Bertz CT molecular complexity index is 437. The van der Waals surface area contributed by atoms with Crippen LogP contribution < -0.4 is 5.73 Å². The summed E-state index contributed by atoms with van der Waals surface area (Å²) in [4.78, 5) is 8.30. The molecule has 1 heterocycles. The van der Waals surface area contributed by atoms with E-state index in [9.17, 15) is 0 Å². The van der Waals surface area contributed by atoms with Gasteiger partial charge in [-0.15, -0.1) is 0 Å². The fraction of sp³-hybridized carbons (Fsp3) is 0.200. The van der Waals surface area contributed by atoms with Crippen molar-refractivity contribution in [2.24, 2.45) is 5.73 Å². The second-order valence-electron chi connectivity index (χ2n) is 3.05. The topological polar surface area (TPSA) is 51.8 Å². The van der Waals surface area contributed by atoms with Crippen LogP contribution >= 0.6 is 0 Å². The second kappa shape index (κ2) is 3.11. The van der Waals surface area contributed by atoms with Crippen molar-refractivity contribution < 1.29 is 0 Å². The van der Waals surface area contributed by atoms with Crippen LogP contribution in [0.5, 0.6) is 0 Å². The number of nitrogens with two attached hydrogens (primary N) is 1. The first-order valence-corrected chi connectivity index (χ1v) is 4.21. The highest BCUT2D eigenvalue weighted by molar-refractivity contribution is 5.81. The molecule has 0 amide bonds. The van der Waals surface area contributed by atoms with E-state index in [2.05, 4.69) is 9.97 Å². The van der Waals surface area contributed by atoms with Crippen LogP contribution in [-0.2, 0) is 6.54 Å². The Labute approximate surface area is 76.6 Å². The predicted molar refractivity (Wildman–Crippen MR) is 52.2 cm³/mol. The minimum atomic E-state index is 0.460. The zero-order valence-corrected chi connectivity index (χ0v) is 7.49. The summed E-state index contributed by atoms with van der Waals surface area (Å²) in [5.41, 5.74) is 8.64. The summed E-state index contributed by atoms with van der Waals surface area (Å²) in [6.07, 6.45) is 1.56. The van der Waals surface area contributed by atoms with E-state index in [1.807, 2.05) is 25.1 Å². The van der Waals surface area contributed by atoms with Gasteiger partial charge < -0.3 is 5.73 Å². The summed E-state index contributed by atoms with van der Waals surface area (Å²) < 4.78 is 0. The van der Waals surface area contributed by atoms with Crippen molar-refractivity contribution in [1.82, 2.24) is 9.97 Å². The van der Waals surface area contributed by atoms with E-state index in [-0.39, 0.29) is 0 Å². The first-order valence-electron chi connectivity index (χ1n) is 4.21. The highest BCUT2D eigenvalue weighted by Gasteiger charge is 2.00. The molecule has 1 aromatic heterocycles. The predicted octanol–water partition coefficient (Wildman–Crippen LogP) is 1.40. The third-order valence-electron chi connectivity index (χ3n) is 2.07. The van der Waals surface area contributed by atoms with E-state index < -0.39 is 0 Å². The number of fused-ring (bicyclic) bond motifs is 1. The average molecular weight is 173 g/mol. The van der Waals surface area contributed by atoms with Gasteiger partial charge in [-0.3, -0.25) is 0 Å². The fourth-order valence-electron chi connectivity index (χ4n) is 1.39. The van der Waals surface area contributed by atoms with Crippen LogP contribution in [0.4, 0.5) is 0 Å². The molecule has 2 aromatic rings. The molecule has 66 valence electrons. The Morgan fingerprint density at radius 1 is 1.31 bits per heavy atom. The number of aryl methyl sites for hydroxylation is 1. The number of nitrogens with zero attached hydrogens (tertiary/aromatic N) is 2. The number of hydrogen-bond acceptors (Lipinski definition) is 3. The lowest BCUT2D eigenvalue weighted by Gasteiger charge is -2.02. The molecule has 2 rings (SSSR count). The SMILES string of the molecule is Cc1ccc2c(CN)ncnc2c1. The van der Waals surface area contributed by atoms with Gasteiger partial charge in [-0.2, -0.15) is 0 Å². The molecule has 0 saturated heterocycles. The molecule has 1 aromatic carbocycles. The van der Waals surface area contributed by atoms with Crippen LogP contribution in [0.2, 0.25) is 0 Å². The van der Waals surface area contributed by atoms with Gasteiger partial charge >= 0.3 is 0 Å². The molecule has 0 aliphatic carbocycles. The Morgan fingerprint density at radius 3 is 2.92 bits per heavy atom. The van der Waals surface area contributed by atoms with E-state index in [1.165, 1.54) is 5.56 Å². The summed E-state index contributed by atoms with van der Waals surface area (Å²) in [7, 11) is 0. The first kappa shape index (κ1) is 8.13. The second-order valence-corrected chi connectivity index (χ2v) is 3.05. The molecule has 13 heavy (non-hydrogen) atoms. The van der Waals surface area contributed by atoms with Gasteiger partial charge in [0.15, 0.2) is 0 Å². The van der Waals surface area contributed by atoms with Crippen LogP contribution in [0, 0.1) is 6.92 Å². The van der Waals surface area contributed by atoms with E-state index in [4.69, 9.17) is 5.73 Å². The van der Waals surface area contributed by atoms with Crippen LogP contribution in [0.3, 0.4) is 0 Å². The minimum Gasteiger partial charge on any atom is -0.325 e. The van der Waals surface area contributed by atoms with Crippen LogP contribution in [0.1, 0.15) is 11.3 Å². The third kappa shape index (κ3) is 1.38. The largest absolute Gasteiger partial charge is 0.325 e. The van der Waals surface area contributed by atoms with Crippen molar-refractivity contribution in [2.75, 3.05) is 0 Å². The summed E-state index contributed by atoms with van der Waals surface area (Å²) >= 11 is 0. The third-order valence-corrected chi connectivity index (χ3v) is 2.07. The molecule has 0 atom stereocenters. The summed E-state index contributed by atoms with van der Waals surface area (Å²) in [5, 5.41) is 1.05. The molecule has 2 N–H and O–H groups in total. The maximum absolute atomic E-state index is 5.56. The zero-order chi connectivity index (χ0) is 9.26. The number of rotatable bonds is 1. The van der Waals surface area contributed by atoms with Gasteiger partial charge in [0.25, 0.3) is 0 Å². The van der Waals surface area contributed by atoms with Gasteiger partial charge in [-0.1, -0.05) is 12.1 Å². The summed E-state index contributed by atoms with van der Waals surface area (Å²) in [6.45, 7) is 2.51. The van der Waals surface area contributed by atoms with Gasteiger partial charge in [0.1, 0.15) is 6.33 Å². The average Bonchev–Trinajstić information content (AvgIpc) is 2.16. The van der Waals surface area contributed by atoms with Crippen LogP contribution in [0.25, 0.3) is 10.9 Å². The van der Waals surface area contributed by atoms with Gasteiger partial charge in [0, 0.05) is 11.9 Å². The molecule has 0 aliphatic rings. The molecular weight excluding hydrogens is 162 g/mol. The smallest absolute Gasteiger partial charge is 0.116 e. The molecule has 0 bridgehead atoms. The molecule has 0 spiro atoms. The molecule has 0 unspecified atom stereocenters. The maximum atomic E-state index is 5.56. The van der Waals surface area contributed by atoms with E-state index >= 15 is 0 Å². The Kier molecular flexibility index (Phi) is 1.94. The lowest BCUT2D eigenvalue weighted by molar-refractivity contribution is 0.990.